The minimum Gasteiger partial charge on any atom is -0.489 e. The van der Waals surface area contributed by atoms with Crippen LogP contribution in [0.1, 0.15) is 49.0 Å². The van der Waals surface area contributed by atoms with E-state index in [1.54, 1.807) is 12.1 Å². The number of benzene rings is 2. The lowest BCUT2D eigenvalue weighted by molar-refractivity contribution is -0.152. The van der Waals surface area contributed by atoms with Gasteiger partial charge >= 0.3 is 5.97 Å². The zero-order valence-corrected chi connectivity index (χ0v) is 26.7. The van der Waals surface area contributed by atoms with Crippen LogP contribution >= 0.6 is 7.37 Å². The molecule has 2 unspecified atom stereocenters. The summed E-state index contributed by atoms with van der Waals surface area (Å²) in [5, 5.41) is 34.2. The number of hydrogen-bond acceptors (Lipinski definition) is 13. The Labute approximate surface area is 275 Å². The molecule has 15 heteroatoms. The smallest absolute Gasteiger partial charge is 0.338 e. The number of carbonyl (C=O) groups excluding carboxylic acids is 1. The number of nitrogens with two attached hydrogens (primary N) is 2. The summed E-state index contributed by atoms with van der Waals surface area (Å²) >= 11 is 0. The number of aliphatic hydroxyl groups excluding tert-OH is 2. The molecule has 14 nitrogen and oxygen atoms in total. The summed E-state index contributed by atoms with van der Waals surface area (Å²) in [5.41, 5.74) is 12.4. The second kappa shape index (κ2) is 12.2. The van der Waals surface area contributed by atoms with Gasteiger partial charge in [-0.15, -0.1) is 0 Å². The Kier molecular flexibility index (Phi) is 8.14. The average molecular weight is 675 g/mol. The van der Waals surface area contributed by atoms with E-state index in [0.717, 1.165) is 12.8 Å². The molecule has 0 amide bonds. The lowest BCUT2D eigenvalue weighted by Gasteiger charge is -2.29. The molecular weight excluding hydrogens is 639 g/mol. The molecule has 1 saturated carbocycles. The third kappa shape index (κ3) is 5.57. The van der Waals surface area contributed by atoms with Crippen LogP contribution in [-0.2, 0) is 18.8 Å². The molecule has 2 aliphatic heterocycles. The minimum absolute atomic E-state index is 0.130. The fraction of sp³-hybridized carbons (Fsp3) is 0.394. The van der Waals surface area contributed by atoms with E-state index in [9.17, 15) is 24.8 Å². The van der Waals surface area contributed by atoms with Gasteiger partial charge in [0.25, 0.3) is 7.37 Å². The molecule has 0 bridgehead atoms. The van der Waals surface area contributed by atoms with Crippen LogP contribution in [-0.4, -0.2) is 72.7 Å². The predicted octanol–water partition coefficient (Wildman–Crippen LogP) is 3.04. The number of nitrogens with zero attached hydrogens (tertiary/aromatic N) is 4. The third-order valence-corrected chi connectivity index (χ3v) is 12.1. The zero-order chi connectivity index (χ0) is 33.7. The van der Waals surface area contributed by atoms with E-state index in [2.05, 4.69) is 22.2 Å². The van der Waals surface area contributed by atoms with E-state index in [1.807, 2.05) is 24.3 Å². The van der Waals surface area contributed by atoms with Crippen LogP contribution in [0.3, 0.4) is 0 Å². The molecular formula is C33H35N6O8P. The SMILES string of the molecule is N#C[C@]1(COc2ccc(OP3(=O)CC3(N)C(=O)OC3CCC(c4ccccc4)CC3)cc2)O[C@@H](c2ccc3c(N)ncnn23)[C@H](O)[C@@H]1O. The number of hydrogen-bond donors (Lipinski definition) is 4. The first-order valence-electron chi connectivity index (χ1n) is 15.7. The fourth-order valence-electron chi connectivity index (χ4n) is 6.52. The maximum absolute atomic E-state index is 13.4. The van der Waals surface area contributed by atoms with Crippen LogP contribution in [0, 0.1) is 11.3 Å². The molecule has 1 aliphatic carbocycles. The number of ether oxygens (including phenoxy) is 3. The number of anilines is 1. The molecule has 4 heterocycles. The summed E-state index contributed by atoms with van der Waals surface area (Å²) in [7, 11) is -3.55. The van der Waals surface area contributed by atoms with Crippen LogP contribution in [0.2, 0.25) is 0 Å². The van der Waals surface area contributed by atoms with Gasteiger partial charge in [0, 0.05) is 0 Å². The van der Waals surface area contributed by atoms with E-state index in [0.29, 0.717) is 30.0 Å². The number of aliphatic hydroxyl groups is 2. The minimum atomic E-state index is -3.55. The molecule has 3 fully saturated rings. The first-order valence-corrected chi connectivity index (χ1v) is 17.5. The van der Waals surface area contributed by atoms with E-state index in [4.69, 9.17) is 30.2 Å². The summed E-state index contributed by atoms with van der Waals surface area (Å²) in [6.45, 7) is -0.428. The highest BCUT2D eigenvalue weighted by atomic mass is 31.2. The van der Waals surface area contributed by atoms with E-state index in [1.165, 1.54) is 40.7 Å². The number of rotatable bonds is 9. The number of fused-ring (bicyclic) bond motifs is 1. The van der Waals surface area contributed by atoms with Gasteiger partial charge in [0.2, 0.25) is 10.9 Å². The van der Waals surface area contributed by atoms with E-state index >= 15 is 0 Å². The lowest BCUT2D eigenvalue weighted by atomic mass is 9.83. The normalized spacial score (nSPS) is 32.8. The van der Waals surface area contributed by atoms with Gasteiger partial charge in [-0.3, -0.25) is 4.57 Å². The van der Waals surface area contributed by atoms with Crippen molar-refractivity contribution in [2.24, 2.45) is 5.73 Å². The number of nitriles is 1. The summed E-state index contributed by atoms with van der Waals surface area (Å²) < 4.78 is 38.0. The first kappa shape index (κ1) is 32.1. The molecule has 250 valence electrons. The van der Waals surface area contributed by atoms with Gasteiger partial charge in [0.15, 0.2) is 5.82 Å². The Morgan fingerprint density at radius 1 is 1.06 bits per heavy atom. The Bertz CT molecular complexity index is 1910. The molecule has 2 aromatic heterocycles. The van der Waals surface area contributed by atoms with Gasteiger partial charge in [-0.1, -0.05) is 30.3 Å². The highest BCUT2D eigenvalue weighted by Crippen LogP contribution is 2.73. The third-order valence-electron chi connectivity index (χ3n) is 9.50. The monoisotopic (exact) mass is 674 g/mol. The molecule has 7 rings (SSSR count). The van der Waals surface area contributed by atoms with Crippen LogP contribution in [0.15, 0.2) is 73.1 Å². The molecule has 0 radical (unpaired) electrons. The second-order valence-corrected chi connectivity index (χ2v) is 15.2. The van der Waals surface area contributed by atoms with Crippen molar-refractivity contribution in [3.05, 3.63) is 84.3 Å². The number of aromatic nitrogens is 3. The average Bonchev–Trinajstić information content (AvgIpc) is 3.34. The van der Waals surface area contributed by atoms with Gasteiger partial charge in [0.1, 0.15) is 60.4 Å². The van der Waals surface area contributed by atoms with Gasteiger partial charge < -0.3 is 40.4 Å². The topological polar surface area (TPSA) is 218 Å². The van der Waals surface area contributed by atoms with Crippen molar-refractivity contribution >= 4 is 24.7 Å². The van der Waals surface area contributed by atoms with Crippen molar-refractivity contribution < 1.29 is 38.3 Å². The molecule has 2 aromatic carbocycles. The largest absolute Gasteiger partial charge is 0.489 e. The lowest BCUT2D eigenvalue weighted by Crippen LogP contribution is -2.46. The fourth-order valence-corrected chi connectivity index (χ4v) is 8.59. The number of carbonyl (C=O) groups is 1. The van der Waals surface area contributed by atoms with Crippen LogP contribution < -0.4 is 20.7 Å². The highest BCUT2D eigenvalue weighted by molar-refractivity contribution is 7.70. The van der Waals surface area contributed by atoms with Crippen LogP contribution in [0.25, 0.3) is 5.52 Å². The van der Waals surface area contributed by atoms with E-state index < -0.39 is 49.1 Å². The second-order valence-electron chi connectivity index (χ2n) is 12.6. The Balaban J connectivity index is 0.938. The Hall–Kier alpha value is -4.51. The molecule has 48 heavy (non-hydrogen) atoms. The van der Waals surface area contributed by atoms with Crippen molar-refractivity contribution in [3.8, 4) is 17.6 Å². The molecule has 3 aliphatic rings. The van der Waals surface area contributed by atoms with Crippen molar-refractivity contribution in [1.29, 1.82) is 5.26 Å². The standard InChI is InChI=1S/C33H35N6O8P/c34-16-32(29(41)27(40)28(46-32)25-14-15-26-30(35)37-19-38-39(25)26)17-44-22-10-12-24(13-11-22)47-48(43)18-33(48,36)31(42)45-23-8-6-21(7-9-23)20-4-2-1-3-5-20/h1-5,10-15,19,21,23,27-29,40-41H,6-9,17-18,36H2,(H2,35,37,38)/t21?,23?,27-,28-,29-,32+,33?,48?/m0/s1. The van der Waals surface area contributed by atoms with Gasteiger partial charge in [0.05, 0.1) is 11.9 Å². The quantitative estimate of drug-likeness (QED) is 0.148. The van der Waals surface area contributed by atoms with E-state index in [-0.39, 0.29) is 29.6 Å². The summed E-state index contributed by atoms with van der Waals surface area (Å²) in [4.78, 5) is 16.9. The summed E-state index contributed by atoms with van der Waals surface area (Å²) in [5.74, 6) is 0.403. The van der Waals surface area contributed by atoms with Crippen LogP contribution in [0.5, 0.6) is 11.5 Å². The summed E-state index contributed by atoms with van der Waals surface area (Å²) in [6, 6.07) is 21.5. The molecule has 2 saturated heterocycles. The Morgan fingerprint density at radius 2 is 1.77 bits per heavy atom. The zero-order valence-electron chi connectivity index (χ0n) is 25.8. The summed E-state index contributed by atoms with van der Waals surface area (Å²) in [6.07, 6.45) is -0.179. The van der Waals surface area contributed by atoms with Crippen LogP contribution in [0.4, 0.5) is 5.82 Å². The van der Waals surface area contributed by atoms with Gasteiger partial charge in [-0.25, -0.2) is 14.3 Å². The first-order chi connectivity index (χ1) is 23.1. The molecule has 6 atom stereocenters. The number of nitrogen functional groups attached to an aromatic ring is 1. The van der Waals surface area contributed by atoms with Gasteiger partial charge in [-0.2, -0.15) is 10.4 Å². The van der Waals surface area contributed by atoms with Crippen molar-refractivity contribution in [2.75, 3.05) is 18.5 Å². The maximum atomic E-state index is 13.4. The van der Waals surface area contributed by atoms with Crippen molar-refractivity contribution in [3.63, 3.8) is 0 Å². The van der Waals surface area contributed by atoms with Crippen molar-refractivity contribution in [1.82, 2.24) is 14.6 Å². The maximum Gasteiger partial charge on any atom is 0.338 e. The molecule has 6 N–H and O–H groups in total. The van der Waals surface area contributed by atoms with Gasteiger partial charge in [-0.05, 0) is 73.6 Å². The Morgan fingerprint density at radius 3 is 2.48 bits per heavy atom. The van der Waals surface area contributed by atoms with Crippen molar-refractivity contribution in [2.45, 2.75) is 66.9 Å². The molecule has 4 aromatic rings. The molecule has 0 spiro atoms. The highest BCUT2D eigenvalue weighted by Gasteiger charge is 2.73. The number of esters is 1. The predicted molar refractivity (Wildman–Crippen MR) is 171 cm³/mol.